The van der Waals surface area contributed by atoms with Gasteiger partial charge in [0.2, 0.25) is 0 Å². The molecule has 0 bridgehead atoms. The number of nitrogens with zero attached hydrogens (tertiary/aromatic N) is 2. The van der Waals surface area contributed by atoms with Crippen molar-refractivity contribution in [1.82, 2.24) is 8.01 Å². The van der Waals surface area contributed by atoms with Gasteiger partial charge in [0.25, 0.3) is 0 Å². The average Bonchev–Trinajstić information content (AvgIpc) is 1.90. The van der Waals surface area contributed by atoms with Gasteiger partial charge in [-0.05, 0) is 0 Å². The van der Waals surface area contributed by atoms with Crippen LogP contribution in [0.15, 0.2) is 0 Å². The van der Waals surface area contributed by atoms with Gasteiger partial charge in [-0.25, -0.2) is 0 Å². The Kier molecular flexibility index (Phi) is 3.21. The van der Waals surface area contributed by atoms with Crippen LogP contribution in [0, 0.1) is 0 Å². The summed E-state index contributed by atoms with van der Waals surface area (Å²) < 4.78 is 2.60. The molecule has 2 nitrogen and oxygen atoms in total. The zero-order chi connectivity index (χ0) is 6.69. The number of rotatable bonds is 1. The fraction of sp³-hybridized carbons (Fsp3) is 1.00. The SMILES string of the molecule is C[I-]N1CCN(C)CC1. The number of hydrogen-bond donors (Lipinski definition) is 0. The van der Waals surface area contributed by atoms with Gasteiger partial charge >= 0.3 is 67.6 Å². The summed E-state index contributed by atoms with van der Waals surface area (Å²) in [6.07, 6.45) is 0. The number of likely N-dealkylation sites (N-methyl/N-ethyl adjacent to an activating group) is 1. The van der Waals surface area contributed by atoms with Crippen molar-refractivity contribution in [2.45, 2.75) is 0 Å². The molecule has 0 radical (unpaired) electrons. The van der Waals surface area contributed by atoms with Crippen LogP contribution in [0.2, 0.25) is 0 Å². The van der Waals surface area contributed by atoms with E-state index in [2.05, 4.69) is 20.0 Å². The third kappa shape index (κ3) is 2.39. The number of hydrogen-bond acceptors (Lipinski definition) is 2. The van der Waals surface area contributed by atoms with Crippen molar-refractivity contribution >= 4 is 0 Å². The second kappa shape index (κ2) is 3.73. The first-order valence-corrected chi connectivity index (χ1v) is 6.38. The molecular formula is C6H14IN2-. The summed E-state index contributed by atoms with van der Waals surface area (Å²) in [5.41, 5.74) is 0. The molecule has 1 aliphatic rings. The van der Waals surface area contributed by atoms with Gasteiger partial charge in [0.05, 0.1) is 0 Å². The summed E-state index contributed by atoms with van der Waals surface area (Å²) in [6.45, 7) is 5.15. The van der Waals surface area contributed by atoms with Gasteiger partial charge in [0.1, 0.15) is 0 Å². The molecule has 1 saturated heterocycles. The van der Waals surface area contributed by atoms with E-state index in [4.69, 9.17) is 0 Å². The van der Waals surface area contributed by atoms with Gasteiger partial charge in [-0.2, -0.15) is 0 Å². The van der Waals surface area contributed by atoms with Crippen LogP contribution in [-0.4, -0.2) is 46.2 Å². The van der Waals surface area contributed by atoms with E-state index in [0.29, 0.717) is 21.5 Å². The summed E-state index contributed by atoms with van der Waals surface area (Å²) in [5.74, 6) is 0. The standard InChI is InChI=1S/C6H14IN2/c1-7-9-5-3-8(2)4-6-9/h3-6H2,1-2H3/q-1. The van der Waals surface area contributed by atoms with Gasteiger partial charge in [-0.15, -0.1) is 0 Å². The Labute approximate surface area is 67.8 Å². The van der Waals surface area contributed by atoms with Crippen molar-refractivity contribution in [3.8, 4) is 0 Å². The summed E-state index contributed by atoms with van der Waals surface area (Å²) >= 11 is 0.374. The molecule has 0 aromatic carbocycles. The van der Waals surface area contributed by atoms with Crippen LogP contribution in [0.3, 0.4) is 0 Å². The van der Waals surface area contributed by atoms with Crippen molar-refractivity contribution in [2.75, 3.05) is 38.2 Å². The van der Waals surface area contributed by atoms with Crippen molar-refractivity contribution in [3.63, 3.8) is 0 Å². The Morgan fingerprint density at radius 1 is 1.11 bits per heavy atom. The third-order valence-electron chi connectivity index (χ3n) is 1.69. The van der Waals surface area contributed by atoms with Crippen molar-refractivity contribution in [3.05, 3.63) is 0 Å². The van der Waals surface area contributed by atoms with Crippen LogP contribution >= 0.6 is 0 Å². The number of alkyl halides is 1. The molecule has 0 atom stereocenters. The molecule has 1 aliphatic heterocycles. The summed E-state index contributed by atoms with van der Waals surface area (Å²) in [6, 6.07) is 0. The number of halogens is 1. The molecule has 1 fully saturated rings. The Bertz CT molecular complexity index is 79.1. The van der Waals surface area contributed by atoms with E-state index in [1.807, 2.05) is 0 Å². The van der Waals surface area contributed by atoms with E-state index >= 15 is 0 Å². The normalized spacial score (nSPS) is 25.1. The molecule has 0 saturated carbocycles. The third-order valence-corrected chi connectivity index (χ3v) is 4.02. The molecule has 9 heavy (non-hydrogen) atoms. The summed E-state index contributed by atoms with van der Waals surface area (Å²) in [5, 5.41) is 0. The predicted octanol–water partition coefficient (Wildman–Crippen LogP) is -3.13. The van der Waals surface area contributed by atoms with Crippen LogP contribution in [-0.2, 0) is 0 Å². The molecular weight excluding hydrogens is 227 g/mol. The van der Waals surface area contributed by atoms with Gasteiger partial charge in [0.15, 0.2) is 0 Å². The topological polar surface area (TPSA) is 6.48 Å². The Morgan fingerprint density at radius 3 is 2.11 bits per heavy atom. The van der Waals surface area contributed by atoms with E-state index in [-0.39, 0.29) is 0 Å². The van der Waals surface area contributed by atoms with E-state index in [1.165, 1.54) is 26.2 Å². The van der Waals surface area contributed by atoms with E-state index < -0.39 is 0 Å². The number of piperazine rings is 1. The van der Waals surface area contributed by atoms with Gasteiger partial charge in [-0.1, -0.05) is 0 Å². The quantitative estimate of drug-likeness (QED) is 0.272. The van der Waals surface area contributed by atoms with Gasteiger partial charge in [0, 0.05) is 0 Å². The molecule has 0 N–H and O–H groups in total. The molecule has 56 valence electrons. The fourth-order valence-corrected chi connectivity index (χ4v) is 2.35. The molecule has 3 heteroatoms. The molecule has 1 rings (SSSR count). The Hall–Kier alpha value is 0.650. The predicted molar refractivity (Wildman–Crippen MR) is 35.0 cm³/mol. The fourth-order valence-electron chi connectivity index (χ4n) is 0.951. The maximum atomic E-state index is 2.60. The first-order chi connectivity index (χ1) is 4.33. The van der Waals surface area contributed by atoms with Crippen molar-refractivity contribution in [2.24, 2.45) is 0 Å². The molecule has 0 aliphatic carbocycles. The molecule has 0 aromatic rings. The first kappa shape index (κ1) is 7.75. The average molecular weight is 241 g/mol. The van der Waals surface area contributed by atoms with E-state index in [1.54, 1.807) is 0 Å². The van der Waals surface area contributed by atoms with E-state index in [0.717, 1.165) is 0 Å². The zero-order valence-electron chi connectivity index (χ0n) is 6.10. The molecule has 0 spiro atoms. The van der Waals surface area contributed by atoms with Gasteiger partial charge < -0.3 is 0 Å². The van der Waals surface area contributed by atoms with E-state index in [9.17, 15) is 0 Å². The molecule has 0 amide bonds. The van der Waals surface area contributed by atoms with Crippen molar-refractivity contribution < 1.29 is 21.5 Å². The minimum absolute atomic E-state index is 0.374. The zero-order valence-corrected chi connectivity index (χ0v) is 8.26. The summed E-state index contributed by atoms with van der Waals surface area (Å²) in [4.78, 5) is 4.74. The summed E-state index contributed by atoms with van der Waals surface area (Å²) in [7, 11) is 2.20. The van der Waals surface area contributed by atoms with Crippen LogP contribution in [0.5, 0.6) is 0 Å². The first-order valence-electron chi connectivity index (χ1n) is 3.26. The monoisotopic (exact) mass is 241 g/mol. The second-order valence-electron chi connectivity index (χ2n) is 2.38. The van der Waals surface area contributed by atoms with Crippen molar-refractivity contribution in [1.29, 1.82) is 0 Å². The van der Waals surface area contributed by atoms with Crippen LogP contribution < -0.4 is 21.5 Å². The Balaban J connectivity index is 2.18. The van der Waals surface area contributed by atoms with Crippen LogP contribution in [0.4, 0.5) is 0 Å². The van der Waals surface area contributed by atoms with Crippen LogP contribution in [0.1, 0.15) is 0 Å². The molecule has 0 unspecified atom stereocenters. The van der Waals surface area contributed by atoms with Gasteiger partial charge in [-0.3, -0.25) is 0 Å². The molecule has 1 heterocycles. The Morgan fingerprint density at radius 2 is 1.67 bits per heavy atom. The minimum atomic E-state index is 0.374. The maximum absolute atomic E-state index is 2.60. The van der Waals surface area contributed by atoms with Crippen LogP contribution in [0.25, 0.3) is 0 Å². The molecule has 0 aromatic heterocycles. The second-order valence-corrected chi connectivity index (χ2v) is 4.71.